The van der Waals surface area contributed by atoms with E-state index in [-0.39, 0.29) is 5.91 Å². The quantitative estimate of drug-likeness (QED) is 0.744. The number of carbonyl (C=O) groups excluding carboxylic acids is 3. The second-order valence-corrected chi connectivity index (χ2v) is 5.19. The van der Waals surface area contributed by atoms with E-state index >= 15 is 0 Å². The van der Waals surface area contributed by atoms with Gasteiger partial charge in [0.15, 0.2) is 0 Å². The van der Waals surface area contributed by atoms with Crippen molar-refractivity contribution in [1.82, 2.24) is 15.8 Å². The van der Waals surface area contributed by atoms with Crippen LogP contribution in [0.1, 0.15) is 33.7 Å². The molecular weight excluding hydrogens is 296 g/mol. The Hall–Kier alpha value is -3.09. The molecule has 1 fully saturated rings. The zero-order valence-corrected chi connectivity index (χ0v) is 12.3. The monoisotopic (exact) mass is 312 g/mol. The molecule has 7 heteroatoms. The van der Waals surface area contributed by atoms with E-state index in [9.17, 15) is 14.4 Å². The largest absolute Gasteiger partial charge is 0.357 e. The molecule has 118 valence electrons. The highest BCUT2D eigenvalue weighted by atomic mass is 16.2. The average molecular weight is 312 g/mol. The molecule has 3 N–H and O–H groups in total. The zero-order valence-electron chi connectivity index (χ0n) is 12.3. The Balaban J connectivity index is 1.65. The Bertz CT molecular complexity index is 740. The van der Waals surface area contributed by atoms with Crippen molar-refractivity contribution in [3.63, 3.8) is 0 Å². The Morgan fingerprint density at radius 3 is 2.61 bits per heavy atom. The molecule has 2 aromatic rings. The highest BCUT2D eigenvalue weighted by Crippen LogP contribution is 2.22. The number of nitrogens with zero attached hydrogens (tertiary/aromatic N) is 1. The maximum Gasteiger partial charge on any atom is 0.286 e. The predicted molar refractivity (Wildman–Crippen MR) is 83.8 cm³/mol. The maximum atomic E-state index is 12.1. The summed E-state index contributed by atoms with van der Waals surface area (Å²) >= 11 is 0. The number of benzene rings is 1. The third-order valence-corrected chi connectivity index (χ3v) is 3.63. The van der Waals surface area contributed by atoms with Gasteiger partial charge in [-0.05, 0) is 36.8 Å². The molecule has 23 heavy (non-hydrogen) atoms. The van der Waals surface area contributed by atoms with Gasteiger partial charge in [0.1, 0.15) is 5.69 Å². The Kier molecular flexibility index (Phi) is 4.09. The van der Waals surface area contributed by atoms with Gasteiger partial charge in [-0.2, -0.15) is 0 Å². The number of H-pyrrole nitrogens is 1. The average Bonchev–Trinajstić information content (AvgIpc) is 3.24. The second kappa shape index (κ2) is 6.35. The van der Waals surface area contributed by atoms with Crippen LogP contribution >= 0.6 is 0 Å². The molecule has 1 aromatic carbocycles. The van der Waals surface area contributed by atoms with Gasteiger partial charge in [0.25, 0.3) is 11.8 Å². The molecule has 0 atom stereocenters. The van der Waals surface area contributed by atoms with Crippen molar-refractivity contribution in [2.45, 2.75) is 12.8 Å². The third kappa shape index (κ3) is 3.23. The van der Waals surface area contributed by atoms with E-state index in [4.69, 9.17) is 0 Å². The first-order valence-corrected chi connectivity index (χ1v) is 7.29. The molecule has 0 aliphatic carbocycles. The predicted octanol–water partition coefficient (Wildman–Crippen LogP) is 1.22. The van der Waals surface area contributed by atoms with Crippen LogP contribution in [0.2, 0.25) is 0 Å². The Morgan fingerprint density at radius 1 is 1.09 bits per heavy atom. The van der Waals surface area contributed by atoms with Crippen LogP contribution in [0.25, 0.3) is 0 Å². The molecule has 7 nitrogen and oxygen atoms in total. The van der Waals surface area contributed by atoms with Crippen LogP contribution in [0, 0.1) is 0 Å². The van der Waals surface area contributed by atoms with Crippen LogP contribution in [0.5, 0.6) is 0 Å². The minimum absolute atomic E-state index is 0.0580. The topological polar surface area (TPSA) is 94.3 Å². The lowest BCUT2D eigenvalue weighted by Crippen LogP contribution is -2.41. The number of rotatable bonds is 3. The van der Waals surface area contributed by atoms with Crippen LogP contribution in [-0.4, -0.2) is 29.3 Å². The lowest BCUT2D eigenvalue weighted by atomic mass is 10.2. The molecule has 0 radical (unpaired) electrons. The number of anilines is 1. The van der Waals surface area contributed by atoms with Crippen molar-refractivity contribution in [3.8, 4) is 0 Å². The SMILES string of the molecule is O=C(NNC(=O)c1ccc[nH]1)c1cccc(N2CCCC2=O)c1. The summed E-state index contributed by atoms with van der Waals surface area (Å²) in [7, 11) is 0. The number of hydrogen-bond acceptors (Lipinski definition) is 3. The number of carbonyl (C=O) groups is 3. The standard InChI is InChI=1S/C16H16N4O3/c21-14-7-3-9-20(14)12-5-1-4-11(10-12)15(22)18-19-16(23)13-6-2-8-17-13/h1-2,4-6,8,10,17H,3,7,9H2,(H,18,22)(H,19,23). The van der Waals surface area contributed by atoms with Crippen molar-refractivity contribution in [3.05, 3.63) is 53.9 Å². The van der Waals surface area contributed by atoms with E-state index in [1.54, 1.807) is 47.5 Å². The molecular formula is C16H16N4O3. The maximum absolute atomic E-state index is 12.1. The van der Waals surface area contributed by atoms with Gasteiger partial charge in [-0.25, -0.2) is 0 Å². The van der Waals surface area contributed by atoms with Crippen LogP contribution in [0.3, 0.4) is 0 Å². The van der Waals surface area contributed by atoms with Crippen molar-refractivity contribution < 1.29 is 14.4 Å². The number of hydrogen-bond donors (Lipinski definition) is 3. The van der Waals surface area contributed by atoms with Gasteiger partial charge in [-0.3, -0.25) is 25.2 Å². The van der Waals surface area contributed by atoms with Crippen LogP contribution in [0.4, 0.5) is 5.69 Å². The summed E-state index contributed by atoms with van der Waals surface area (Å²) < 4.78 is 0. The second-order valence-electron chi connectivity index (χ2n) is 5.19. The highest BCUT2D eigenvalue weighted by Gasteiger charge is 2.22. The molecule has 0 unspecified atom stereocenters. The van der Waals surface area contributed by atoms with Crippen molar-refractivity contribution >= 4 is 23.4 Å². The minimum atomic E-state index is -0.446. The fourth-order valence-electron chi connectivity index (χ4n) is 2.46. The molecule has 3 amide bonds. The number of amides is 3. The number of aromatic amines is 1. The normalized spacial score (nSPS) is 13.9. The van der Waals surface area contributed by atoms with Crippen LogP contribution < -0.4 is 15.8 Å². The fourth-order valence-corrected chi connectivity index (χ4v) is 2.46. The fraction of sp³-hybridized carbons (Fsp3) is 0.188. The van der Waals surface area contributed by atoms with E-state index in [0.29, 0.717) is 29.9 Å². The van der Waals surface area contributed by atoms with E-state index in [2.05, 4.69) is 15.8 Å². The number of hydrazine groups is 1. The first-order chi connectivity index (χ1) is 11.1. The third-order valence-electron chi connectivity index (χ3n) is 3.63. The molecule has 0 saturated carbocycles. The summed E-state index contributed by atoms with van der Waals surface area (Å²) in [5.74, 6) is -0.824. The first-order valence-electron chi connectivity index (χ1n) is 7.29. The highest BCUT2D eigenvalue weighted by molar-refractivity contribution is 6.00. The van der Waals surface area contributed by atoms with Crippen LogP contribution in [0.15, 0.2) is 42.6 Å². The molecule has 3 rings (SSSR count). The molecule has 1 aliphatic heterocycles. The van der Waals surface area contributed by atoms with E-state index in [0.717, 1.165) is 6.42 Å². The van der Waals surface area contributed by atoms with Crippen LogP contribution in [-0.2, 0) is 4.79 Å². The molecule has 1 aromatic heterocycles. The van der Waals surface area contributed by atoms with Gasteiger partial charge in [0.2, 0.25) is 5.91 Å². The number of aromatic nitrogens is 1. The summed E-state index contributed by atoms with van der Waals surface area (Å²) in [6, 6.07) is 10.0. The molecule has 1 aliphatic rings. The zero-order chi connectivity index (χ0) is 16.2. The summed E-state index contributed by atoms with van der Waals surface area (Å²) in [5, 5.41) is 0. The van der Waals surface area contributed by atoms with E-state index in [1.165, 1.54) is 0 Å². The molecule has 1 saturated heterocycles. The number of nitrogens with one attached hydrogen (secondary N) is 3. The van der Waals surface area contributed by atoms with Gasteiger partial charge in [0, 0.05) is 30.4 Å². The van der Waals surface area contributed by atoms with Gasteiger partial charge < -0.3 is 9.88 Å². The summed E-state index contributed by atoms with van der Waals surface area (Å²) in [6.07, 6.45) is 2.97. The summed E-state index contributed by atoms with van der Waals surface area (Å²) in [4.78, 5) is 40.1. The summed E-state index contributed by atoms with van der Waals surface area (Å²) in [5.41, 5.74) is 6.09. The molecule has 0 bridgehead atoms. The lowest BCUT2D eigenvalue weighted by molar-refractivity contribution is -0.117. The Morgan fingerprint density at radius 2 is 1.91 bits per heavy atom. The van der Waals surface area contributed by atoms with Crippen molar-refractivity contribution in [2.75, 3.05) is 11.4 Å². The van der Waals surface area contributed by atoms with E-state index < -0.39 is 11.8 Å². The minimum Gasteiger partial charge on any atom is -0.357 e. The molecule has 0 spiro atoms. The summed E-state index contributed by atoms with van der Waals surface area (Å²) in [6.45, 7) is 0.660. The van der Waals surface area contributed by atoms with Gasteiger partial charge in [0.05, 0.1) is 0 Å². The van der Waals surface area contributed by atoms with Crippen molar-refractivity contribution in [1.29, 1.82) is 0 Å². The van der Waals surface area contributed by atoms with E-state index in [1.807, 2.05) is 0 Å². The van der Waals surface area contributed by atoms with Gasteiger partial charge in [-0.15, -0.1) is 0 Å². The van der Waals surface area contributed by atoms with Gasteiger partial charge in [-0.1, -0.05) is 6.07 Å². The first kappa shape index (κ1) is 14.8. The van der Waals surface area contributed by atoms with Crippen molar-refractivity contribution in [2.24, 2.45) is 0 Å². The molecule has 2 heterocycles. The Labute approximate surface area is 132 Å². The van der Waals surface area contributed by atoms with Gasteiger partial charge >= 0.3 is 0 Å². The smallest absolute Gasteiger partial charge is 0.286 e. The lowest BCUT2D eigenvalue weighted by Gasteiger charge is -2.16.